The van der Waals surface area contributed by atoms with Crippen LogP contribution in [-0.4, -0.2) is 50.7 Å². The van der Waals surface area contributed by atoms with Gasteiger partial charge in [-0.15, -0.1) is 0 Å². The largest absolute Gasteiger partial charge is 0.399 e. The number of nitrogen functional groups attached to an aromatic ring is 1. The Balaban J connectivity index is 2.26. The van der Waals surface area contributed by atoms with Crippen molar-refractivity contribution in [1.29, 1.82) is 0 Å². The van der Waals surface area contributed by atoms with Crippen LogP contribution >= 0.6 is 0 Å². The average Bonchev–Trinajstić information content (AvgIpc) is 2.46. The van der Waals surface area contributed by atoms with Crippen molar-refractivity contribution < 1.29 is 9.53 Å². The summed E-state index contributed by atoms with van der Waals surface area (Å²) >= 11 is 0. The number of rotatable bonds is 3. The summed E-state index contributed by atoms with van der Waals surface area (Å²) in [7, 11) is 3.85. The number of carbonyl (C=O) groups excluding carboxylic acids is 1. The Kier molecular flexibility index (Phi) is 4.49. The molecule has 1 atom stereocenters. The molecule has 0 aliphatic carbocycles. The van der Waals surface area contributed by atoms with E-state index in [9.17, 15) is 4.79 Å². The third kappa shape index (κ3) is 3.04. The molecule has 1 aromatic carbocycles. The maximum Gasteiger partial charge on any atom is 0.256 e. The molecule has 0 aromatic heterocycles. The molecule has 110 valence electrons. The van der Waals surface area contributed by atoms with Crippen LogP contribution in [-0.2, 0) is 4.74 Å². The van der Waals surface area contributed by atoms with Crippen LogP contribution in [0.4, 0.5) is 11.4 Å². The molecule has 1 aromatic rings. The predicted molar refractivity (Wildman–Crippen MR) is 81.1 cm³/mol. The van der Waals surface area contributed by atoms with Crippen molar-refractivity contribution in [2.24, 2.45) is 0 Å². The second-order valence-corrected chi connectivity index (χ2v) is 5.32. The maximum absolute atomic E-state index is 12.7. The van der Waals surface area contributed by atoms with E-state index in [-0.39, 0.29) is 12.0 Å². The first kappa shape index (κ1) is 14.7. The van der Waals surface area contributed by atoms with Gasteiger partial charge in [-0.2, -0.15) is 0 Å². The minimum atomic E-state index is 0.0303. The van der Waals surface area contributed by atoms with Crippen LogP contribution in [0.25, 0.3) is 0 Å². The van der Waals surface area contributed by atoms with Gasteiger partial charge in [0.25, 0.3) is 5.91 Å². The van der Waals surface area contributed by atoms with Gasteiger partial charge in [-0.1, -0.05) is 6.92 Å². The Morgan fingerprint density at radius 1 is 1.50 bits per heavy atom. The molecule has 0 spiro atoms. The van der Waals surface area contributed by atoms with Gasteiger partial charge in [0.05, 0.1) is 18.3 Å². The summed E-state index contributed by atoms with van der Waals surface area (Å²) in [4.78, 5) is 16.5. The fourth-order valence-corrected chi connectivity index (χ4v) is 2.44. The first-order valence-electron chi connectivity index (χ1n) is 7.00. The monoisotopic (exact) mass is 277 g/mol. The molecular formula is C15H23N3O2. The molecule has 1 unspecified atom stereocenters. The van der Waals surface area contributed by atoms with Crippen molar-refractivity contribution in [3.05, 3.63) is 23.8 Å². The molecule has 0 radical (unpaired) electrons. The Morgan fingerprint density at radius 2 is 2.25 bits per heavy atom. The predicted octanol–water partition coefficient (Wildman–Crippen LogP) is 1.59. The number of anilines is 2. The standard InChI is InChI=1S/C15H23N3O2/c1-4-12-10-18(7-8-20-12)15(19)13-9-11(16)5-6-14(13)17(2)3/h5-6,9,12H,4,7-8,10,16H2,1-3H3. The molecule has 0 bridgehead atoms. The van der Waals surface area contributed by atoms with E-state index >= 15 is 0 Å². The summed E-state index contributed by atoms with van der Waals surface area (Å²) < 4.78 is 5.62. The highest BCUT2D eigenvalue weighted by Gasteiger charge is 2.26. The second kappa shape index (κ2) is 6.13. The second-order valence-electron chi connectivity index (χ2n) is 5.32. The van der Waals surface area contributed by atoms with Gasteiger partial charge in [0.15, 0.2) is 0 Å². The van der Waals surface area contributed by atoms with Crippen LogP contribution in [0.5, 0.6) is 0 Å². The van der Waals surface area contributed by atoms with E-state index in [4.69, 9.17) is 10.5 Å². The van der Waals surface area contributed by atoms with E-state index in [0.29, 0.717) is 30.9 Å². The van der Waals surface area contributed by atoms with E-state index in [1.165, 1.54) is 0 Å². The zero-order chi connectivity index (χ0) is 14.7. The third-order valence-electron chi connectivity index (χ3n) is 3.61. The van der Waals surface area contributed by atoms with Crippen LogP contribution in [0.1, 0.15) is 23.7 Å². The van der Waals surface area contributed by atoms with E-state index < -0.39 is 0 Å². The van der Waals surface area contributed by atoms with Crippen molar-refractivity contribution in [2.75, 3.05) is 44.4 Å². The molecule has 5 heteroatoms. The van der Waals surface area contributed by atoms with Gasteiger partial charge in [-0.05, 0) is 24.6 Å². The fraction of sp³-hybridized carbons (Fsp3) is 0.533. The molecule has 20 heavy (non-hydrogen) atoms. The molecule has 1 amide bonds. The van der Waals surface area contributed by atoms with Gasteiger partial charge in [-0.3, -0.25) is 4.79 Å². The number of ether oxygens (including phenoxy) is 1. The molecule has 1 heterocycles. The first-order valence-corrected chi connectivity index (χ1v) is 7.00. The summed E-state index contributed by atoms with van der Waals surface area (Å²) in [5.41, 5.74) is 8.00. The van der Waals surface area contributed by atoms with E-state index in [0.717, 1.165) is 12.1 Å². The van der Waals surface area contributed by atoms with E-state index in [2.05, 4.69) is 6.92 Å². The highest BCUT2D eigenvalue weighted by atomic mass is 16.5. The van der Waals surface area contributed by atoms with Crippen molar-refractivity contribution in [3.63, 3.8) is 0 Å². The zero-order valence-corrected chi connectivity index (χ0v) is 12.4. The Morgan fingerprint density at radius 3 is 2.90 bits per heavy atom. The molecule has 0 saturated carbocycles. The van der Waals surface area contributed by atoms with Crippen molar-refractivity contribution in [3.8, 4) is 0 Å². The van der Waals surface area contributed by atoms with Crippen molar-refractivity contribution in [1.82, 2.24) is 4.90 Å². The third-order valence-corrected chi connectivity index (χ3v) is 3.61. The lowest BCUT2D eigenvalue weighted by atomic mass is 10.1. The van der Waals surface area contributed by atoms with Crippen LogP contribution in [0, 0.1) is 0 Å². The molecule has 1 aliphatic rings. The van der Waals surface area contributed by atoms with Crippen LogP contribution in [0.2, 0.25) is 0 Å². The quantitative estimate of drug-likeness (QED) is 0.852. The summed E-state index contributed by atoms with van der Waals surface area (Å²) in [6, 6.07) is 5.47. The molecule has 5 nitrogen and oxygen atoms in total. The molecule has 2 N–H and O–H groups in total. The summed E-state index contributed by atoms with van der Waals surface area (Å²) in [6.07, 6.45) is 1.05. The summed E-state index contributed by atoms with van der Waals surface area (Å²) in [5.74, 6) is 0.0303. The molecule has 1 fully saturated rings. The number of hydrogen-bond acceptors (Lipinski definition) is 4. The van der Waals surface area contributed by atoms with Gasteiger partial charge in [0, 0.05) is 38.6 Å². The Labute approximate surface area is 120 Å². The van der Waals surface area contributed by atoms with Crippen LogP contribution < -0.4 is 10.6 Å². The van der Waals surface area contributed by atoms with Gasteiger partial charge in [-0.25, -0.2) is 0 Å². The lowest BCUT2D eigenvalue weighted by molar-refractivity contribution is -0.0226. The zero-order valence-electron chi connectivity index (χ0n) is 12.4. The highest BCUT2D eigenvalue weighted by Crippen LogP contribution is 2.24. The summed E-state index contributed by atoms with van der Waals surface area (Å²) in [5, 5.41) is 0. The number of nitrogens with two attached hydrogens (primary N) is 1. The number of benzene rings is 1. The lowest BCUT2D eigenvalue weighted by Crippen LogP contribution is -2.45. The van der Waals surface area contributed by atoms with Crippen molar-refractivity contribution >= 4 is 17.3 Å². The number of carbonyl (C=O) groups is 1. The molecule has 1 aliphatic heterocycles. The lowest BCUT2D eigenvalue weighted by Gasteiger charge is -2.33. The number of nitrogens with zero attached hydrogens (tertiary/aromatic N) is 2. The average molecular weight is 277 g/mol. The van der Waals surface area contributed by atoms with E-state index in [1.54, 1.807) is 6.07 Å². The maximum atomic E-state index is 12.7. The Hall–Kier alpha value is -1.75. The SMILES string of the molecule is CCC1CN(C(=O)c2cc(N)ccc2N(C)C)CCO1. The minimum Gasteiger partial charge on any atom is -0.399 e. The van der Waals surface area contributed by atoms with Crippen LogP contribution in [0.3, 0.4) is 0 Å². The summed E-state index contributed by atoms with van der Waals surface area (Å²) in [6.45, 7) is 3.96. The number of morpholine rings is 1. The van der Waals surface area contributed by atoms with Gasteiger partial charge in [0.1, 0.15) is 0 Å². The topological polar surface area (TPSA) is 58.8 Å². The van der Waals surface area contributed by atoms with E-state index in [1.807, 2.05) is 36.0 Å². The fourth-order valence-electron chi connectivity index (χ4n) is 2.44. The highest BCUT2D eigenvalue weighted by molar-refractivity contribution is 6.00. The Bertz CT molecular complexity index is 488. The number of hydrogen-bond donors (Lipinski definition) is 1. The van der Waals surface area contributed by atoms with Gasteiger partial charge >= 0.3 is 0 Å². The normalized spacial score (nSPS) is 18.9. The van der Waals surface area contributed by atoms with Gasteiger partial charge < -0.3 is 20.3 Å². The minimum absolute atomic E-state index is 0.0303. The van der Waals surface area contributed by atoms with Crippen molar-refractivity contribution in [2.45, 2.75) is 19.4 Å². The van der Waals surface area contributed by atoms with Gasteiger partial charge in [0.2, 0.25) is 0 Å². The first-order chi connectivity index (χ1) is 9.52. The smallest absolute Gasteiger partial charge is 0.256 e. The van der Waals surface area contributed by atoms with Crippen LogP contribution in [0.15, 0.2) is 18.2 Å². The molecular weight excluding hydrogens is 254 g/mol. The molecule has 2 rings (SSSR count). The number of amides is 1. The molecule has 1 saturated heterocycles.